The summed E-state index contributed by atoms with van der Waals surface area (Å²) in [5.74, 6) is 0.752. The van der Waals surface area contributed by atoms with E-state index < -0.39 is 47.8 Å². The molecule has 5 atom stereocenters. The number of fused-ring (bicyclic) bond motifs is 9. The summed E-state index contributed by atoms with van der Waals surface area (Å²) in [5.41, 5.74) is 3.76. The fourth-order valence-electron chi connectivity index (χ4n) is 8.70. The fraction of sp³-hybridized carbons (Fsp3) is 0.425. The second-order valence-corrected chi connectivity index (χ2v) is 14.0. The van der Waals surface area contributed by atoms with Crippen molar-refractivity contribution in [3.63, 3.8) is 0 Å². The number of nitriles is 1. The molecule has 0 amide bonds. The van der Waals surface area contributed by atoms with Gasteiger partial charge in [0, 0.05) is 54.4 Å². The Morgan fingerprint density at radius 2 is 1.80 bits per heavy atom. The summed E-state index contributed by atoms with van der Waals surface area (Å²) in [7, 11) is 5.06. The van der Waals surface area contributed by atoms with Crippen LogP contribution in [0.5, 0.6) is 28.7 Å². The summed E-state index contributed by atoms with van der Waals surface area (Å²) in [4.78, 5) is 30.1. The summed E-state index contributed by atoms with van der Waals surface area (Å²) in [6.07, 6.45) is -1.47. The molecule has 1 fully saturated rings. The van der Waals surface area contributed by atoms with Crippen molar-refractivity contribution >= 4 is 18.0 Å². The number of hydrogen-bond donors (Lipinski definition) is 0. The van der Waals surface area contributed by atoms with E-state index in [1.54, 1.807) is 14.0 Å². The number of alkyl halides is 3. The molecule has 3 aromatic rings. The Morgan fingerprint density at radius 3 is 2.49 bits per heavy atom. The Morgan fingerprint density at radius 1 is 1.04 bits per heavy atom. The van der Waals surface area contributed by atoms with Crippen LogP contribution in [0.2, 0.25) is 0 Å². The van der Waals surface area contributed by atoms with Gasteiger partial charge in [-0.15, -0.1) is 0 Å². The number of carbonyl (C=O) groups excluding carboxylic acids is 2. The van der Waals surface area contributed by atoms with Gasteiger partial charge >= 0.3 is 18.1 Å². The molecule has 0 radical (unpaired) electrons. The topological polar surface area (TPSA) is 129 Å². The lowest BCUT2D eigenvalue weighted by Gasteiger charge is -2.59. The maximum absolute atomic E-state index is 13.3. The minimum absolute atomic E-state index is 0.0456. The van der Waals surface area contributed by atoms with Gasteiger partial charge in [-0.3, -0.25) is 14.6 Å². The molecule has 0 N–H and O–H groups in total. The normalized spacial score (nSPS) is 22.7. The van der Waals surface area contributed by atoms with Crippen LogP contribution in [0.15, 0.2) is 36.4 Å². The molecule has 290 valence electrons. The molecule has 3 unspecified atom stereocenters. The van der Waals surface area contributed by atoms with Crippen molar-refractivity contribution in [2.24, 2.45) is 0 Å². The third-order valence-electron chi connectivity index (χ3n) is 10.8. The van der Waals surface area contributed by atoms with E-state index in [4.69, 9.17) is 33.2 Å². The molecule has 2 bridgehead atoms. The van der Waals surface area contributed by atoms with E-state index in [2.05, 4.69) is 17.0 Å². The average molecular weight is 764 g/mol. The highest BCUT2D eigenvalue weighted by Crippen LogP contribution is 2.58. The number of likely N-dealkylation sites (N-methyl/N-ethyl adjacent to an activating group) is 1. The van der Waals surface area contributed by atoms with Gasteiger partial charge in [0.1, 0.15) is 18.4 Å². The van der Waals surface area contributed by atoms with Crippen LogP contribution in [0.25, 0.3) is 6.08 Å². The van der Waals surface area contributed by atoms with Crippen LogP contribution in [-0.2, 0) is 38.1 Å². The molecular formula is C40H40F3N3O9. The fourth-order valence-corrected chi connectivity index (χ4v) is 8.70. The average Bonchev–Trinajstić information content (AvgIpc) is 3.64. The first-order valence-electron chi connectivity index (χ1n) is 17.6. The molecule has 0 saturated carbocycles. The van der Waals surface area contributed by atoms with Crippen LogP contribution in [0.3, 0.4) is 0 Å². The minimum atomic E-state index is -4.55. The predicted octanol–water partition coefficient (Wildman–Crippen LogP) is 6.00. The van der Waals surface area contributed by atoms with Gasteiger partial charge in [-0.25, -0.2) is 4.79 Å². The molecule has 0 spiro atoms. The monoisotopic (exact) mass is 763 g/mol. The van der Waals surface area contributed by atoms with Crippen molar-refractivity contribution in [1.29, 1.82) is 5.26 Å². The van der Waals surface area contributed by atoms with Crippen molar-refractivity contribution in [3.05, 3.63) is 80.9 Å². The number of esters is 2. The molecule has 4 aliphatic heterocycles. The van der Waals surface area contributed by atoms with Gasteiger partial charge in [-0.1, -0.05) is 18.2 Å². The molecule has 12 nitrogen and oxygen atoms in total. The van der Waals surface area contributed by atoms with E-state index in [0.717, 1.165) is 34.9 Å². The maximum atomic E-state index is 13.3. The summed E-state index contributed by atoms with van der Waals surface area (Å²) in [5, 5.41) is 11.0. The largest absolute Gasteiger partial charge is 0.493 e. The molecule has 4 aliphatic rings. The highest BCUT2D eigenvalue weighted by atomic mass is 19.4. The molecular weight excluding hydrogens is 723 g/mol. The predicted molar refractivity (Wildman–Crippen MR) is 190 cm³/mol. The number of methoxy groups -OCH3 is 2. The first kappa shape index (κ1) is 38.0. The number of benzene rings is 3. The Kier molecular flexibility index (Phi) is 10.2. The molecule has 1 saturated heterocycles. The van der Waals surface area contributed by atoms with Gasteiger partial charge in [-0.2, -0.15) is 18.4 Å². The first-order chi connectivity index (χ1) is 26.3. The van der Waals surface area contributed by atoms with E-state index in [1.165, 1.54) is 32.2 Å². The number of carbonyl (C=O) groups is 2. The van der Waals surface area contributed by atoms with Gasteiger partial charge in [0.2, 0.25) is 6.79 Å². The highest BCUT2D eigenvalue weighted by Gasteiger charge is 2.57. The number of piperazine rings is 1. The van der Waals surface area contributed by atoms with Crippen LogP contribution in [0, 0.1) is 25.2 Å². The molecule has 55 heavy (non-hydrogen) atoms. The minimum Gasteiger partial charge on any atom is -0.493 e. The quantitative estimate of drug-likeness (QED) is 0.110. The summed E-state index contributed by atoms with van der Waals surface area (Å²) in [6.45, 7) is 4.57. The lowest BCUT2D eigenvalue weighted by atomic mass is 9.71. The van der Waals surface area contributed by atoms with E-state index >= 15 is 0 Å². The van der Waals surface area contributed by atoms with Gasteiger partial charge in [0.05, 0.1) is 30.8 Å². The van der Waals surface area contributed by atoms with Crippen LogP contribution >= 0.6 is 0 Å². The van der Waals surface area contributed by atoms with Gasteiger partial charge in [0.25, 0.3) is 0 Å². The van der Waals surface area contributed by atoms with Crippen LogP contribution in [0.1, 0.15) is 63.5 Å². The second-order valence-electron chi connectivity index (χ2n) is 14.0. The zero-order chi connectivity index (χ0) is 39.3. The standard InChI is InChI=1S/C40H40F3N3O9/c1-20-12-24-14-27-29(16-44)46-28(34(45(27)4)32(24)38(35(20)50-6)52-18-49-5)15-26-33(39-37(53-19-54-39)21(2)36(26)55-22(3)47)30(46)17-51-31(48)11-10-23-8-7-9-25(13-23)40(41,42)43/h7-13,27-30,34H,14-15,17-19H2,1-6H3/b11-10+/t27?,28?,29-,30-,34?/m0/s1. The third-order valence-corrected chi connectivity index (χ3v) is 10.8. The van der Waals surface area contributed by atoms with Gasteiger partial charge in [-0.05, 0) is 68.6 Å². The summed E-state index contributed by atoms with van der Waals surface area (Å²) in [6, 6.07) is 6.46. The number of rotatable bonds is 9. The SMILES string of the molecule is COCOc1c(OC)c(C)cc2c1C1C3Cc4c(OC(C)=O)c(C)c5c(c4[C@H](COC(=O)/C=C/c4cccc(C(F)(F)F)c4)N3[C@@H](C#N)C(C2)N1C)OCO5. The Bertz CT molecular complexity index is 2110. The molecule has 0 aliphatic carbocycles. The number of halogens is 3. The third kappa shape index (κ3) is 6.62. The van der Waals surface area contributed by atoms with Gasteiger partial charge in [0.15, 0.2) is 29.8 Å². The van der Waals surface area contributed by atoms with Crippen molar-refractivity contribution in [1.82, 2.24) is 9.80 Å². The smallest absolute Gasteiger partial charge is 0.416 e. The molecule has 7 rings (SSSR count). The van der Waals surface area contributed by atoms with E-state index in [9.17, 15) is 28.0 Å². The first-order valence-corrected chi connectivity index (χ1v) is 17.6. The zero-order valence-electron chi connectivity index (χ0n) is 31.1. The van der Waals surface area contributed by atoms with Crippen LogP contribution in [-0.4, -0.2) is 81.3 Å². The molecule has 15 heteroatoms. The lowest BCUT2D eigenvalue weighted by molar-refractivity contribution is -0.143. The van der Waals surface area contributed by atoms with E-state index in [1.807, 2.05) is 18.9 Å². The van der Waals surface area contributed by atoms with Crippen LogP contribution < -0.4 is 23.7 Å². The van der Waals surface area contributed by atoms with Crippen LogP contribution in [0.4, 0.5) is 13.2 Å². The number of aryl methyl sites for hydroxylation is 1. The summed E-state index contributed by atoms with van der Waals surface area (Å²) < 4.78 is 81.2. The number of hydrogen-bond acceptors (Lipinski definition) is 12. The van der Waals surface area contributed by atoms with Gasteiger partial charge < -0.3 is 33.2 Å². The highest BCUT2D eigenvalue weighted by molar-refractivity contribution is 5.87. The van der Waals surface area contributed by atoms with E-state index in [-0.39, 0.29) is 38.2 Å². The lowest BCUT2D eigenvalue weighted by Crippen LogP contribution is -2.68. The Balaban J connectivity index is 1.36. The zero-order valence-corrected chi connectivity index (χ0v) is 31.1. The second kappa shape index (κ2) is 14.7. The molecule has 0 aromatic heterocycles. The molecule has 4 heterocycles. The van der Waals surface area contributed by atoms with Crippen molar-refractivity contribution in [2.45, 2.75) is 70.0 Å². The molecule has 3 aromatic carbocycles. The number of nitrogens with zero attached hydrogens (tertiary/aromatic N) is 3. The van der Waals surface area contributed by atoms with Crippen molar-refractivity contribution < 1.29 is 55.9 Å². The Hall–Kier alpha value is -5.30. The number of ether oxygens (including phenoxy) is 7. The summed E-state index contributed by atoms with van der Waals surface area (Å²) >= 11 is 0. The van der Waals surface area contributed by atoms with Crippen molar-refractivity contribution in [2.75, 3.05) is 41.5 Å². The maximum Gasteiger partial charge on any atom is 0.416 e. The Labute approximate surface area is 315 Å². The van der Waals surface area contributed by atoms with E-state index in [0.29, 0.717) is 51.9 Å². The van der Waals surface area contributed by atoms with Crippen molar-refractivity contribution in [3.8, 4) is 34.8 Å².